The van der Waals surface area contributed by atoms with E-state index in [1.54, 1.807) is 0 Å². The van der Waals surface area contributed by atoms with E-state index in [2.05, 4.69) is 20.7 Å². The van der Waals surface area contributed by atoms with Gasteiger partial charge in [0.15, 0.2) is 5.69 Å². The molecule has 1 amide bonds. The lowest BCUT2D eigenvalue weighted by Gasteiger charge is -2.20. The number of nitrogens with one attached hydrogen (secondary N) is 2. The van der Waals surface area contributed by atoms with Crippen LogP contribution in [0, 0.1) is 5.92 Å². The van der Waals surface area contributed by atoms with Gasteiger partial charge in [0.2, 0.25) is 0 Å². The number of carbonyl (C=O) groups excluding carboxylic acids is 1. The molecule has 1 unspecified atom stereocenters. The smallest absolute Gasteiger partial charge is 0.273 e. The summed E-state index contributed by atoms with van der Waals surface area (Å²) in [6.45, 7) is 4.65. The lowest BCUT2D eigenvalue weighted by Crippen LogP contribution is -2.40. The predicted molar refractivity (Wildman–Crippen MR) is 56.1 cm³/mol. The van der Waals surface area contributed by atoms with Crippen molar-refractivity contribution in [2.24, 2.45) is 11.7 Å². The maximum absolute atomic E-state index is 11.6. The van der Waals surface area contributed by atoms with Crippen LogP contribution in [0.5, 0.6) is 0 Å². The first kappa shape index (κ1) is 11.6. The van der Waals surface area contributed by atoms with Gasteiger partial charge in [-0.15, -0.1) is 0 Å². The van der Waals surface area contributed by atoms with E-state index < -0.39 is 0 Å². The Bertz CT molecular complexity index is 295. The fourth-order valence-corrected chi connectivity index (χ4v) is 1.31. The Morgan fingerprint density at radius 2 is 2.40 bits per heavy atom. The van der Waals surface area contributed by atoms with E-state index in [0.29, 0.717) is 18.2 Å². The summed E-state index contributed by atoms with van der Waals surface area (Å²) >= 11 is 0. The van der Waals surface area contributed by atoms with Crippen molar-refractivity contribution >= 4 is 5.91 Å². The molecule has 0 saturated carbocycles. The topological polar surface area (TPSA) is 96.7 Å². The highest BCUT2D eigenvalue weighted by atomic mass is 16.2. The summed E-state index contributed by atoms with van der Waals surface area (Å²) in [6.07, 6.45) is 2.16. The third-order valence-corrected chi connectivity index (χ3v) is 2.25. The Labute approximate surface area is 88.6 Å². The number of aromatic nitrogens is 3. The van der Waals surface area contributed by atoms with E-state index in [9.17, 15) is 4.79 Å². The van der Waals surface area contributed by atoms with Crippen molar-refractivity contribution in [3.05, 3.63) is 11.9 Å². The molecule has 0 saturated heterocycles. The number of H-pyrrole nitrogens is 1. The van der Waals surface area contributed by atoms with Crippen molar-refractivity contribution in [1.29, 1.82) is 0 Å². The van der Waals surface area contributed by atoms with Gasteiger partial charge < -0.3 is 11.1 Å². The van der Waals surface area contributed by atoms with Gasteiger partial charge in [-0.3, -0.25) is 4.79 Å². The van der Waals surface area contributed by atoms with Crippen LogP contribution in [0.3, 0.4) is 0 Å². The number of hydrogen-bond acceptors (Lipinski definition) is 4. The molecule has 1 atom stereocenters. The van der Waals surface area contributed by atoms with Gasteiger partial charge in [0, 0.05) is 6.04 Å². The molecule has 0 aromatic carbocycles. The number of amides is 1. The van der Waals surface area contributed by atoms with E-state index in [-0.39, 0.29) is 11.9 Å². The summed E-state index contributed by atoms with van der Waals surface area (Å²) in [5.41, 5.74) is 5.78. The van der Waals surface area contributed by atoms with Gasteiger partial charge in [-0.05, 0) is 18.9 Å². The molecule has 0 bridgehead atoms. The average molecular weight is 211 g/mol. The summed E-state index contributed by atoms with van der Waals surface area (Å²) in [6, 6.07) is 0.0826. The number of hydrogen-bond donors (Lipinski definition) is 3. The van der Waals surface area contributed by atoms with E-state index in [1.807, 2.05) is 13.8 Å². The standard InChI is InChI=1S/C9H17N5O/c1-6(2)7(3-4-10)12-9(15)8-5-11-14-13-8/h5-7H,3-4,10H2,1-2H3,(H,12,15)(H,11,13,14). The Morgan fingerprint density at radius 1 is 1.67 bits per heavy atom. The molecular formula is C9H17N5O. The Hall–Kier alpha value is -1.43. The Balaban J connectivity index is 2.55. The number of rotatable bonds is 5. The molecule has 4 N–H and O–H groups in total. The molecule has 1 aromatic heterocycles. The van der Waals surface area contributed by atoms with Gasteiger partial charge in [0.1, 0.15) is 0 Å². The number of aromatic amines is 1. The van der Waals surface area contributed by atoms with Crippen LogP contribution in [0.2, 0.25) is 0 Å². The molecule has 0 aliphatic heterocycles. The highest BCUT2D eigenvalue weighted by Crippen LogP contribution is 2.05. The van der Waals surface area contributed by atoms with Crippen molar-refractivity contribution in [2.45, 2.75) is 26.3 Å². The maximum Gasteiger partial charge on any atom is 0.273 e. The average Bonchev–Trinajstić information content (AvgIpc) is 2.69. The monoisotopic (exact) mass is 211 g/mol. The largest absolute Gasteiger partial charge is 0.348 e. The molecule has 0 radical (unpaired) electrons. The molecule has 15 heavy (non-hydrogen) atoms. The van der Waals surface area contributed by atoms with E-state index in [4.69, 9.17) is 5.73 Å². The van der Waals surface area contributed by atoms with Crippen molar-refractivity contribution in [3.8, 4) is 0 Å². The lowest BCUT2D eigenvalue weighted by atomic mass is 10.0. The minimum Gasteiger partial charge on any atom is -0.348 e. The van der Waals surface area contributed by atoms with E-state index in [1.165, 1.54) is 6.20 Å². The third kappa shape index (κ3) is 3.32. The first-order valence-electron chi connectivity index (χ1n) is 5.02. The zero-order valence-corrected chi connectivity index (χ0v) is 9.03. The second kappa shape index (κ2) is 5.45. The SMILES string of the molecule is CC(C)C(CCN)NC(=O)c1cn[nH]n1. The zero-order chi connectivity index (χ0) is 11.3. The van der Waals surface area contributed by atoms with E-state index >= 15 is 0 Å². The lowest BCUT2D eigenvalue weighted by molar-refractivity contribution is 0.0919. The van der Waals surface area contributed by atoms with Crippen LogP contribution in [0.1, 0.15) is 30.8 Å². The minimum atomic E-state index is -0.212. The quantitative estimate of drug-likeness (QED) is 0.634. The van der Waals surface area contributed by atoms with Crippen LogP contribution >= 0.6 is 0 Å². The first-order valence-corrected chi connectivity index (χ1v) is 5.02. The van der Waals surface area contributed by atoms with Gasteiger partial charge in [0.05, 0.1) is 6.20 Å². The fourth-order valence-electron chi connectivity index (χ4n) is 1.31. The second-order valence-corrected chi connectivity index (χ2v) is 3.76. The van der Waals surface area contributed by atoms with Crippen LogP contribution in [-0.2, 0) is 0 Å². The highest BCUT2D eigenvalue weighted by Gasteiger charge is 2.17. The summed E-state index contributed by atoms with van der Waals surface area (Å²) in [7, 11) is 0. The van der Waals surface area contributed by atoms with Crippen molar-refractivity contribution < 1.29 is 4.79 Å². The number of nitrogens with two attached hydrogens (primary N) is 1. The summed E-state index contributed by atoms with van der Waals surface area (Å²) in [5.74, 6) is 0.139. The van der Waals surface area contributed by atoms with Crippen molar-refractivity contribution in [3.63, 3.8) is 0 Å². The molecule has 1 rings (SSSR count). The molecule has 6 heteroatoms. The molecule has 0 aliphatic carbocycles. The molecule has 84 valence electrons. The van der Waals surface area contributed by atoms with Gasteiger partial charge in [0.25, 0.3) is 5.91 Å². The van der Waals surface area contributed by atoms with Gasteiger partial charge >= 0.3 is 0 Å². The van der Waals surface area contributed by atoms with Gasteiger partial charge in [-0.1, -0.05) is 13.8 Å². The van der Waals surface area contributed by atoms with Crippen molar-refractivity contribution in [2.75, 3.05) is 6.54 Å². The number of nitrogens with zero attached hydrogens (tertiary/aromatic N) is 2. The van der Waals surface area contributed by atoms with Crippen molar-refractivity contribution in [1.82, 2.24) is 20.7 Å². The summed E-state index contributed by atoms with van der Waals surface area (Å²) in [4.78, 5) is 11.6. The molecule has 0 fully saturated rings. The fraction of sp³-hybridized carbons (Fsp3) is 0.667. The Morgan fingerprint density at radius 3 is 2.87 bits per heavy atom. The molecular weight excluding hydrogens is 194 g/mol. The second-order valence-electron chi connectivity index (χ2n) is 3.76. The van der Waals surface area contributed by atoms with Crippen LogP contribution in [-0.4, -0.2) is 33.9 Å². The number of carbonyl (C=O) groups is 1. The van der Waals surface area contributed by atoms with Crippen LogP contribution in [0.4, 0.5) is 0 Å². The highest BCUT2D eigenvalue weighted by molar-refractivity contribution is 5.91. The van der Waals surface area contributed by atoms with Crippen LogP contribution < -0.4 is 11.1 Å². The summed E-state index contributed by atoms with van der Waals surface area (Å²) < 4.78 is 0. The van der Waals surface area contributed by atoms with E-state index in [0.717, 1.165) is 6.42 Å². The minimum absolute atomic E-state index is 0.0826. The molecule has 6 nitrogen and oxygen atoms in total. The molecule has 0 aliphatic rings. The van der Waals surface area contributed by atoms with Gasteiger partial charge in [-0.25, -0.2) is 0 Å². The van der Waals surface area contributed by atoms with Crippen LogP contribution in [0.25, 0.3) is 0 Å². The normalized spacial score (nSPS) is 12.8. The molecule has 1 aromatic rings. The molecule has 0 spiro atoms. The van der Waals surface area contributed by atoms with Crippen LogP contribution in [0.15, 0.2) is 6.20 Å². The first-order chi connectivity index (χ1) is 7.15. The third-order valence-electron chi connectivity index (χ3n) is 2.25. The molecule has 1 heterocycles. The zero-order valence-electron chi connectivity index (χ0n) is 9.03. The maximum atomic E-state index is 11.6. The predicted octanol–water partition coefficient (Wildman–Crippen LogP) is -0.0921. The van der Waals surface area contributed by atoms with Gasteiger partial charge in [-0.2, -0.15) is 15.4 Å². The Kier molecular flexibility index (Phi) is 4.23. The summed E-state index contributed by atoms with van der Waals surface area (Å²) in [5, 5.41) is 12.6.